The van der Waals surface area contributed by atoms with Crippen LogP contribution < -0.4 is 4.74 Å². The molecule has 23 heavy (non-hydrogen) atoms. The van der Waals surface area contributed by atoms with Crippen molar-refractivity contribution >= 4 is 11.1 Å². The number of hydrogen-bond acceptors (Lipinski definition) is 4. The van der Waals surface area contributed by atoms with Crippen molar-refractivity contribution in [2.75, 3.05) is 0 Å². The molecule has 120 valence electrons. The molecule has 4 heteroatoms. The number of aliphatic hydroxyl groups is 1. The highest BCUT2D eigenvalue weighted by molar-refractivity contribution is 5.72. The number of aromatic nitrogens is 1. The van der Waals surface area contributed by atoms with E-state index in [1.807, 2.05) is 62.4 Å². The second-order valence-corrected chi connectivity index (χ2v) is 6.04. The molecule has 0 amide bonds. The fourth-order valence-corrected chi connectivity index (χ4v) is 2.31. The molecule has 3 rings (SSSR count). The zero-order valence-electron chi connectivity index (χ0n) is 13.5. The van der Waals surface area contributed by atoms with Gasteiger partial charge in [-0.15, -0.1) is 0 Å². The smallest absolute Gasteiger partial charge is 0.400 e. The van der Waals surface area contributed by atoms with Crippen LogP contribution in [0.15, 0.2) is 52.9 Å². The van der Waals surface area contributed by atoms with Gasteiger partial charge in [-0.25, -0.2) is 0 Å². The van der Waals surface area contributed by atoms with Gasteiger partial charge in [0.15, 0.2) is 5.58 Å². The van der Waals surface area contributed by atoms with Gasteiger partial charge in [-0.2, -0.15) is 4.98 Å². The molecule has 0 aliphatic carbocycles. The Bertz CT molecular complexity index is 742. The molecule has 3 aromatic rings. The molecule has 2 aromatic carbocycles. The van der Waals surface area contributed by atoms with E-state index in [1.165, 1.54) is 5.56 Å². The number of hydrogen-bond donors (Lipinski definition) is 1. The van der Waals surface area contributed by atoms with E-state index in [9.17, 15) is 5.11 Å². The highest BCUT2D eigenvalue weighted by Gasteiger charge is 2.16. The van der Waals surface area contributed by atoms with Crippen LogP contribution in [0.5, 0.6) is 11.8 Å². The van der Waals surface area contributed by atoms with Crippen LogP contribution in [0.4, 0.5) is 0 Å². The van der Waals surface area contributed by atoms with Crippen molar-refractivity contribution in [3.63, 3.8) is 0 Å². The van der Waals surface area contributed by atoms with E-state index in [1.54, 1.807) is 0 Å². The van der Waals surface area contributed by atoms with Crippen molar-refractivity contribution in [1.82, 2.24) is 4.98 Å². The Morgan fingerprint density at radius 1 is 1.13 bits per heavy atom. The summed E-state index contributed by atoms with van der Waals surface area (Å²) in [6, 6.07) is 15.3. The number of nitrogens with zero attached hydrogens (tertiary/aromatic N) is 1. The van der Waals surface area contributed by atoms with Crippen LogP contribution in [0.25, 0.3) is 11.1 Å². The van der Waals surface area contributed by atoms with Gasteiger partial charge in [0.1, 0.15) is 11.3 Å². The van der Waals surface area contributed by atoms with E-state index in [-0.39, 0.29) is 6.08 Å². The van der Waals surface area contributed by atoms with Crippen molar-refractivity contribution in [2.45, 2.75) is 38.7 Å². The second kappa shape index (κ2) is 6.42. The first kappa shape index (κ1) is 15.6. The molecule has 1 N–H and O–H groups in total. The van der Waals surface area contributed by atoms with Crippen molar-refractivity contribution in [3.8, 4) is 11.8 Å². The summed E-state index contributed by atoms with van der Waals surface area (Å²) in [6.07, 6.45) is 2.58. The van der Waals surface area contributed by atoms with Gasteiger partial charge in [0, 0.05) is 0 Å². The number of fused-ring (bicyclic) bond motifs is 1. The average molecular weight is 311 g/mol. The summed E-state index contributed by atoms with van der Waals surface area (Å²) in [4.78, 5) is 4.29. The molecule has 1 heterocycles. The van der Waals surface area contributed by atoms with E-state index in [4.69, 9.17) is 9.15 Å². The highest BCUT2D eigenvalue weighted by Crippen LogP contribution is 2.26. The number of oxazole rings is 1. The first-order valence-electron chi connectivity index (χ1n) is 7.90. The lowest BCUT2D eigenvalue weighted by Gasteiger charge is -2.20. The summed E-state index contributed by atoms with van der Waals surface area (Å²) < 4.78 is 11.2. The molecule has 1 atom stereocenters. The Morgan fingerprint density at radius 3 is 2.57 bits per heavy atom. The van der Waals surface area contributed by atoms with Crippen molar-refractivity contribution < 1.29 is 14.3 Å². The fourth-order valence-electron chi connectivity index (χ4n) is 2.31. The normalized spacial score (nSPS) is 13.9. The van der Waals surface area contributed by atoms with Gasteiger partial charge < -0.3 is 14.3 Å². The molecular formula is C19H21NO3. The lowest BCUT2D eigenvalue weighted by atomic mass is 9.94. The monoisotopic (exact) mass is 311 g/mol. The minimum absolute atomic E-state index is 0.243. The third-order valence-corrected chi connectivity index (χ3v) is 4.12. The predicted octanol–water partition coefficient (Wildman–Crippen LogP) is 4.71. The third-order valence-electron chi connectivity index (χ3n) is 4.12. The lowest BCUT2D eigenvalue weighted by molar-refractivity contribution is 0.0473. The molecule has 0 saturated carbocycles. The Kier molecular flexibility index (Phi) is 4.35. The Hall–Kier alpha value is -2.33. The Balaban J connectivity index is 1.65. The summed E-state index contributed by atoms with van der Waals surface area (Å²) in [7, 11) is 0. The Morgan fingerprint density at radius 2 is 1.87 bits per heavy atom. The third kappa shape index (κ3) is 3.90. The first-order chi connectivity index (χ1) is 11.1. The summed E-state index contributed by atoms with van der Waals surface area (Å²) in [5.41, 5.74) is 2.05. The SMILES string of the molecule is CCC(C)(O)CCc1ccc(Oc2nc3ccccc3o2)cc1. The quantitative estimate of drug-likeness (QED) is 0.716. The summed E-state index contributed by atoms with van der Waals surface area (Å²) in [5.74, 6) is 0.683. The molecule has 4 nitrogen and oxygen atoms in total. The molecule has 1 aromatic heterocycles. The predicted molar refractivity (Wildman–Crippen MR) is 89.8 cm³/mol. The summed E-state index contributed by atoms with van der Waals surface area (Å²) >= 11 is 0. The molecule has 0 fully saturated rings. The molecule has 0 aliphatic heterocycles. The fraction of sp³-hybridized carbons (Fsp3) is 0.316. The topological polar surface area (TPSA) is 55.5 Å². The average Bonchev–Trinajstić information content (AvgIpc) is 2.96. The number of benzene rings is 2. The van der Waals surface area contributed by atoms with Crippen LogP contribution in [0, 0.1) is 0 Å². The highest BCUT2D eigenvalue weighted by atomic mass is 16.6. The van der Waals surface area contributed by atoms with E-state index in [0.29, 0.717) is 11.3 Å². The van der Waals surface area contributed by atoms with Crippen LogP contribution in [-0.2, 0) is 6.42 Å². The number of ether oxygens (including phenoxy) is 1. The zero-order chi connectivity index (χ0) is 16.3. The molecule has 0 spiro atoms. The lowest BCUT2D eigenvalue weighted by Crippen LogP contribution is -2.23. The number of para-hydroxylation sites is 2. The molecule has 0 bridgehead atoms. The molecule has 0 aliphatic rings. The minimum Gasteiger partial charge on any atom is -0.411 e. The molecular weight excluding hydrogens is 290 g/mol. The molecule has 1 unspecified atom stereocenters. The van der Waals surface area contributed by atoms with Gasteiger partial charge in [-0.3, -0.25) is 0 Å². The van der Waals surface area contributed by atoms with E-state index in [2.05, 4.69) is 4.98 Å². The van der Waals surface area contributed by atoms with Crippen molar-refractivity contribution in [2.24, 2.45) is 0 Å². The summed E-state index contributed by atoms with van der Waals surface area (Å²) in [5, 5.41) is 10.1. The van der Waals surface area contributed by atoms with Gasteiger partial charge >= 0.3 is 6.08 Å². The van der Waals surface area contributed by atoms with Gasteiger partial charge in [-0.05, 0) is 56.0 Å². The maximum absolute atomic E-state index is 10.1. The van der Waals surface area contributed by atoms with Crippen LogP contribution in [0.3, 0.4) is 0 Å². The zero-order valence-corrected chi connectivity index (χ0v) is 13.5. The van der Waals surface area contributed by atoms with E-state index in [0.717, 1.165) is 24.8 Å². The van der Waals surface area contributed by atoms with Crippen LogP contribution in [0.2, 0.25) is 0 Å². The van der Waals surface area contributed by atoms with Crippen molar-refractivity contribution in [3.05, 3.63) is 54.1 Å². The standard InChI is InChI=1S/C19H21NO3/c1-3-19(2,21)13-12-14-8-10-15(11-9-14)22-18-20-16-6-4-5-7-17(16)23-18/h4-11,21H,3,12-13H2,1-2H3. The van der Waals surface area contributed by atoms with Crippen LogP contribution >= 0.6 is 0 Å². The van der Waals surface area contributed by atoms with Crippen molar-refractivity contribution in [1.29, 1.82) is 0 Å². The van der Waals surface area contributed by atoms with Gasteiger partial charge in [0.2, 0.25) is 0 Å². The largest absolute Gasteiger partial charge is 0.411 e. The first-order valence-corrected chi connectivity index (χ1v) is 7.90. The van der Waals surface area contributed by atoms with Gasteiger partial charge in [0.25, 0.3) is 0 Å². The van der Waals surface area contributed by atoms with Crippen LogP contribution in [-0.4, -0.2) is 15.7 Å². The maximum Gasteiger partial charge on any atom is 0.400 e. The van der Waals surface area contributed by atoms with E-state index < -0.39 is 5.60 Å². The van der Waals surface area contributed by atoms with Crippen LogP contribution in [0.1, 0.15) is 32.3 Å². The number of rotatable bonds is 6. The Labute approximate surface area is 135 Å². The molecule has 0 radical (unpaired) electrons. The van der Waals surface area contributed by atoms with Gasteiger partial charge in [0.05, 0.1) is 5.60 Å². The summed E-state index contributed by atoms with van der Waals surface area (Å²) in [6.45, 7) is 3.87. The minimum atomic E-state index is -0.604. The molecule has 0 saturated heterocycles. The second-order valence-electron chi connectivity index (χ2n) is 6.04. The van der Waals surface area contributed by atoms with Gasteiger partial charge in [-0.1, -0.05) is 31.2 Å². The van der Waals surface area contributed by atoms with E-state index >= 15 is 0 Å². The number of aryl methyl sites for hydroxylation is 1. The maximum atomic E-state index is 10.1.